The van der Waals surface area contributed by atoms with Crippen molar-refractivity contribution in [2.45, 2.75) is 19.4 Å². The lowest BCUT2D eigenvalue weighted by Gasteiger charge is -2.03. The molecule has 1 N–H and O–H groups in total. The number of para-hydroxylation sites is 1. The van der Waals surface area contributed by atoms with Gasteiger partial charge in [0.15, 0.2) is 5.76 Å². The normalized spacial score (nSPS) is 12.5. The minimum atomic E-state index is -0.362. The first kappa shape index (κ1) is 16.1. The van der Waals surface area contributed by atoms with Gasteiger partial charge in [0.2, 0.25) is 0 Å². The highest BCUT2D eigenvalue weighted by Gasteiger charge is 2.17. The fraction of sp³-hybridized carbons (Fsp3) is 0.143. The first-order valence-corrected chi connectivity index (χ1v) is 8.47. The number of furan rings is 1. The molecule has 0 bridgehead atoms. The Hall–Kier alpha value is -3.34. The largest absolute Gasteiger partial charge is 0.486 e. The average molecular weight is 346 g/mol. The van der Waals surface area contributed by atoms with Crippen LogP contribution in [0.3, 0.4) is 0 Å². The van der Waals surface area contributed by atoms with E-state index < -0.39 is 0 Å². The molecule has 0 saturated carbocycles. The second-order valence-electron chi connectivity index (χ2n) is 6.11. The molecule has 5 nitrogen and oxygen atoms in total. The van der Waals surface area contributed by atoms with Crippen LogP contribution in [0.4, 0.5) is 0 Å². The maximum absolute atomic E-state index is 12.2. The van der Waals surface area contributed by atoms with Crippen LogP contribution in [-0.4, -0.2) is 11.6 Å². The summed E-state index contributed by atoms with van der Waals surface area (Å²) in [6.07, 6.45) is 1.54. The molecule has 0 unspecified atom stereocenters. The molecule has 0 saturated heterocycles. The summed E-state index contributed by atoms with van der Waals surface area (Å²) in [4.78, 5) is 12.2. The van der Waals surface area contributed by atoms with Crippen molar-refractivity contribution in [1.82, 2.24) is 5.43 Å². The topological polar surface area (TPSA) is 63.8 Å². The number of hydrazone groups is 1. The summed E-state index contributed by atoms with van der Waals surface area (Å²) in [7, 11) is 0. The van der Waals surface area contributed by atoms with Crippen LogP contribution in [0.5, 0.6) is 5.75 Å². The zero-order chi connectivity index (χ0) is 17.8. The third kappa shape index (κ3) is 3.67. The van der Waals surface area contributed by atoms with Crippen molar-refractivity contribution in [2.75, 3.05) is 0 Å². The number of carbonyl (C=O) groups is 1. The Morgan fingerprint density at radius 2 is 1.65 bits per heavy atom. The number of nitrogens with one attached hydrogen (secondary N) is 1. The Morgan fingerprint density at radius 1 is 0.962 bits per heavy atom. The van der Waals surface area contributed by atoms with Crippen LogP contribution in [0.1, 0.15) is 27.4 Å². The third-order valence-electron chi connectivity index (χ3n) is 4.23. The minimum absolute atomic E-state index is 0.219. The van der Waals surface area contributed by atoms with Gasteiger partial charge in [0.25, 0.3) is 0 Å². The Labute approximate surface area is 151 Å². The smallest absolute Gasteiger partial charge is 0.307 e. The summed E-state index contributed by atoms with van der Waals surface area (Å²) in [5.74, 6) is 1.19. The van der Waals surface area contributed by atoms with Gasteiger partial charge in [-0.15, -0.1) is 0 Å². The maximum Gasteiger partial charge on any atom is 0.307 e. The predicted octanol–water partition coefficient (Wildman–Crippen LogP) is 3.74. The molecule has 1 heterocycles. The monoisotopic (exact) mass is 346 g/mol. The van der Waals surface area contributed by atoms with Crippen molar-refractivity contribution >= 4 is 11.6 Å². The van der Waals surface area contributed by atoms with E-state index in [9.17, 15) is 4.79 Å². The van der Waals surface area contributed by atoms with Crippen LogP contribution in [0, 0.1) is 0 Å². The first-order chi connectivity index (χ1) is 12.8. The molecule has 1 aliphatic carbocycles. The summed E-state index contributed by atoms with van der Waals surface area (Å²) in [6.45, 7) is 0.265. The molecule has 1 aliphatic rings. The third-order valence-corrected chi connectivity index (χ3v) is 4.23. The Morgan fingerprint density at radius 3 is 2.38 bits per heavy atom. The van der Waals surface area contributed by atoms with Gasteiger partial charge in [-0.1, -0.05) is 42.5 Å². The molecule has 26 heavy (non-hydrogen) atoms. The Bertz CT molecular complexity index is 918. The van der Waals surface area contributed by atoms with Crippen molar-refractivity contribution in [3.8, 4) is 5.75 Å². The highest BCUT2D eigenvalue weighted by molar-refractivity contribution is 5.96. The number of amides is 1. The number of nitrogens with zero attached hydrogens (tertiary/aromatic N) is 1. The SMILES string of the molecule is O=C(NN=C1Cc2ccccc2C1)c1ccc(COc2ccccc2)o1. The number of carbonyl (C=O) groups excluding carboxylic acids is 1. The highest BCUT2D eigenvalue weighted by atomic mass is 16.5. The molecular formula is C21H18N2O3. The molecule has 3 aromatic rings. The van der Waals surface area contributed by atoms with E-state index in [-0.39, 0.29) is 18.3 Å². The van der Waals surface area contributed by atoms with Gasteiger partial charge in [-0.3, -0.25) is 4.79 Å². The molecule has 0 atom stereocenters. The minimum Gasteiger partial charge on any atom is -0.486 e. The van der Waals surface area contributed by atoms with E-state index in [1.165, 1.54) is 11.1 Å². The molecule has 1 aromatic heterocycles. The number of benzene rings is 2. The summed E-state index contributed by atoms with van der Waals surface area (Å²) in [6, 6.07) is 21.0. The zero-order valence-corrected chi connectivity index (χ0v) is 14.1. The molecular weight excluding hydrogens is 328 g/mol. The van der Waals surface area contributed by atoms with Gasteiger partial charge in [-0.2, -0.15) is 5.10 Å². The van der Waals surface area contributed by atoms with Gasteiger partial charge in [-0.25, -0.2) is 5.43 Å². The fourth-order valence-electron chi connectivity index (χ4n) is 2.92. The molecule has 5 heteroatoms. The molecule has 0 aliphatic heterocycles. The lowest BCUT2D eigenvalue weighted by atomic mass is 10.1. The van der Waals surface area contributed by atoms with E-state index in [0.29, 0.717) is 5.76 Å². The van der Waals surface area contributed by atoms with Crippen LogP contribution in [0.15, 0.2) is 76.2 Å². The number of hydrogen-bond donors (Lipinski definition) is 1. The quantitative estimate of drug-likeness (QED) is 0.716. The predicted molar refractivity (Wildman–Crippen MR) is 98.2 cm³/mol. The molecule has 2 aromatic carbocycles. The van der Waals surface area contributed by atoms with Gasteiger partial charge in [-0.05, 0) is 35.4 Å². The number of fused-ring (bicyclic) bond motifs is 1. The standard InChI is InChI=1S/C21H18N2O3/c24-21(23-22-17-12-15-6-4-5-7-16(15)13-17)20-11-10-19(26-20)14-25-18-8-2-1-3-9-18/h1-11H,12-14H2,(H,23,24). The van der Waals surface area contributed by atoms with E-state index in [4.69, 9.17) is 9.15 Å². The van der Waals surface area contributed by atoms with Crippen LogP contribution in [0.25, 0.3) is 0 Å². The van der Waals surface area contributed by atoms with Gasteiger partial charge >= 0.3 is 5.91 Å². The van der Waals surface area contributed by atoms with E-state index in [1.54, 1.807) is 12.1 Å². The molecule has 130 valence electrons. The highest BCUT2D eigenvalue weighted by Crippen LogP contribution is 2.19. The van der Waals surface area contributed by atoms with Crippen molar-refractivity contribution < 1.29 is 13.9 Å². The summed E-state index contributed by atoms with van der Waals surface area (Å²) in [5.41, 5.74) is 6.05. The summed E-state index contributed by atoms with van der Waals surface area (Å²) >= 11 is 0. The van der Waals surface area contributed by atoms with Gasteiger partial charge < -0.3 is 9.15 Å². The van der Waals surface area contributed by atoms with E-state index >= 15 is 0 Å². The molecule has 0 fully saturated rings. The lowest BCUT2D eigenvalue weighted by molar-refractivity contribution is 0.0923. The van der Waals surface area contributed by atoms with Crippen LogP contribution < -0.4 is 10.2 Å². The van der Waals surface area contributed by atoms with E-state index in [2.05, 4.69) is 22.7 Å². The molecule has 4 rings (SSSR count). The second kappa shape index (κ2) is 7.27. The van der Waals surface area contributed by atoms with E-state index in [1.807, 2.05) is 42.5 Å². The number of ether oxygens (including phenoxy) is 1. The molecule has 0 spiro atoms. The summed E-state index contributed by atoms with van der Waals surface area (Å²) in [5, 5.41) is 4.24. The number of hydrogen-bond acceptors (Lipinski definition) is 4. The van der Waals surface area contributed by atoms with Gasteiger partial charge in [0, 0.05) is 18.6 Å². The van der Waals surface area contributed by atoms with Crippen molar-refractivity contribution in [3.05, 3.63) is 89.4 Å². The van der Waals surface area contributed by atoms with Gasteiger partial charge in [0.05, 0.1) is 0 Å². The lowest BCUT2D eigenvalue weighted by Crippen LogP contribution is -2.19. The van der Waals surface area contributed by atoms with Crippen LogP contribution >= 0.6 is 0 Å². The summed E-state index contributed by atoms with van der Waals surface area (Å²) < 4.78 is 11.1. The van der Waals surface area contributed by atoms with Gasteiger partial charge in [0.1, 0.15) is 18.1 Å². The first-order valence-electron chi connectivity index (χ1n) is 8.47. The Kier molecular flexibility index (Phi) is 4.51. The van der Waals surface area contributed by atoms with E-state index in [0.717, 1.165) is 24.3 Å². The van der Waals surface area contributed by atoms with Crippen LogP contribution in [0.2, 0.25) is 0 Å². The second-order valence-corrected chi connectivity index (χ2v) is 6.11. The van der Waals surface area contributed by atoms with Crippen molar-refractivity contribution in [3.63, 3.8) is 0 Å². The average Bonchev–Trinajstić information content (AvgIpc) is 3.32. The van der Waals surface area contributed by atoms with Crippen molar-refractivity contribution in [2.24, 2.45) is 5.10 Å². The number of rotatable bonds is 5. The molecule has 0 radical (unpaired) electrons. The van der Waals surface area contributed by atoms with Crippen LogP contribution in [-0.2, 0) is 19.4 Å². The maximum atomic E-state index is 12.2. The van der Waals surface area contributed by atoms with Crippen molar-refractivity contribution in [1.29, 1.82) is 0 Å². The Balaban J connectivity index is 1.33. The molecule has 1 amide bonds. The fourth-order valence-corrected chi connectivity index (χ4v) is 2.92. The zero-order valence-electron chi connectivity index (χ0n) is 14.1.